The summed E-state index contributed by atoms with van der Waals surface area (Å²) >= 11 is 5.40. The summed E-state index contributed by atoms with van der Waals surface area (Å²) in [5.74, 6) is 1.35. The molecule has 0 fully saturated rings. The molecule has 88 valence electrons. The molecule has 6 nitrogen and oxygen atoms in total. The summed E-state index contributed by atoms with van der Waals surface area (Å²) in [6.45, 7) is 5.20. The van der Waals surface area contributed by atoms with E-state index in [1.54, 1.807) is 5.01 Å². The predicted octanol–water partition coefficient (Wildman–Crippen LogP) is 0.818. The summed E-state index contributed by atoms with van der Waals surface area (Å²) in [6, 6.07) is 0. The number of nitrogens with zero attached hydrogens (tertiary/aromatic N) is 3. The molecule has 2 rings (SSSR count). The first-order chi connectivity index (χ1) is 7.59. The number of amidine groups is 1. The Balaban J connectivity index is 2.30. The van der Waals surface area contributed by atoms with Crippen LogP contribution in [-0.4, -0.2) is 27.7 Å². The lowest BCUT2D eigenvalue weighted by Gasteiger charge is -2.10. The lowest BCUT2D eigenvalue weighted by molar-refractivity contribution is 0.349. The van der Waals surface area contributed by atoms with Gasteiger partial charge in [-0.2, -0.15) is 0 Å². The Hall–Kier alpha value is -1.34. The van der Waals surface area contributed by atoms with Crippen LogP contribution >= 0.6 is 12.2 Å². The van der Waals surface area contributed by atoms with Crippen LogP contribution in [0.2, 0.25) is 0 Å². The van der Waals surface area contributed by atoms with Crippen LogP contribution in [0.15, 0.2) is 11.3 Å². The van der Waals surface area contributed by atoms with Gasteiger partial charge >= 0.3 is 0 Å². The van der Waals surface area contributed by atoms with Gasteiger partial charge in [0.2, 0.25) is 0 Å². The van der Waals surface area contributed by atoms with Gasteiger partial charge in [0.25, 0.3) is 0 Å². The minimum atomic E-state index is 0.553. The minimum absolute atomic E-state index is 0.553. The van der Waals surface area contributed by atoms with Crippen molar-refractivity contribution in [3.63, 3.8) is 0 Å². The van der Waals surface area contributed by atoms with Gasteiger partial charge < -0.3 is 5.10 Å². The van der Waals surface area contributed by atoms with E-state index in [0.29, 0.717) is 5.92 Å². The van der Waals surface area contributed by atoms with Gasteiger partial charge in [-0.25, -0.2) is 5.53 Å². The number of hydrazine groups is 2. The van der Waals surface area contributed by atoms with Crippen LogP contribution in [0.3, 0.4) is 0 Å². The first-order valence-corrected chi connectivity index (χ1v) is 5.61. The molecule has 0 radical (unpaired) electrons. The number of nitrogens with one attached hydrogen (secondary N) is 3. The van der Waals surface area contributed by atoms with Crippen LogP contribution in [-0.2, 0) is 6.54 Å². The molecule has 16 heavy (non-hydrogen) atoms. The van der Waals surface area contributed by atoms with Crippen LogP contribution in [0.4, 0.5) is 0 Å². The highest BCUT2D eigenvalue weighted by atomic mass is 32.1. The quantitative estimate of drug-likeness (QED) is 0.685. The molecule has 7 heteroatoms. The molecule has 0 spiro atoms. The highest BCUT2D eigenvalue weighted by Crippen LogP contribution is 2.09. The average molecular weight is 240 g/mol. The van der Waals surface area contributed by atoms with Crippen LogP contribution in [0.5, 0.6) is 0 Å². The molecule has 1 aromatic heterocycles. The maximum absolute atomic E-state index is 5.40. The molecule has 1 aromatic rings. The number of rotatable bonds is 3. The fraction of sp³-hybridized carbons (Fsp3) is 0.556. The lowest BCUT2D eigenvalue weighted by Crippen LogP contribution is -2.37. The summed E-state index contributed by atoms with van der Waals surface area (Å²) in [5, 5.41) is 9.06. The predicted molar refractivity (Wildman–Crippen MR) is 65.0 cm³/mol. The van der Waals surface area contributed by atoms with Crippen LogP contribution in [0.1, 0.15) is 19.4 Å². The Kier molecular flexibility index (Phi) is 2.97. The maximum Gasteiger partial charge on any atom is 0.177 e. The lowest BCUT2D eigenvalue weighted by atomic mass is 10.2. The normalized spacial score (nSPS) is 15.5. The van der Waals surface area contributed by atoms with Crippen molar-refractivity contribution >= 4 is 18.1 Å². The highest BCUT2D eigenvalue weighted by molar-refractivity contribution is 7.71. The Morgan fingerprint density at radius 3 is 2.81 bits per heavy atom. The average Bonchev–Trinajstić information content (AvgIpc) is 2.75. The van der Waals surface area contributed by atoms with Gasteiger partial charge in [0, 0.05) is 19.8 Å². The molecule has 0 atom stereocenters. The second-order valence-corrected chi connectivity index (χ2v) is 4.60. The molecule has 0 amide bonds. The second kappa shape index (κ2) is 4.26. The Labute approximate surface area is 99.2 Å². The number of H-pyrrole nitrogens is 1. The van der Waals surface area contributed by atoms with Crippen molar-refractivity contribution in [2.24, 2.45) is 11.0 Å². The van der Waals surface area contributed by atoms with Crippen molar-refractivity contribution in [1.82, 2.24) is 25.9 Å². The van der Waals surface area contributed by atoms with E-state index in [1.807, 2.05) is 17.9 Å². The third-order valence-corrected chi connectivity index (χ3v) is 2.77. The molecule has 1 aliphatic heterocycles. The maximum atomic E-state index is 5.40. The third kappa shape index (κ3) is 1.96. The molecule has 3 N–H and O–H groups in total. The van der Waals surface area contributed by atoms with E-state index in [0.717, 1.165) is 22.6 Å². The standard InChI is InChI=1S/C9H16N6S/c1-6(2)5-15-9(16)7(4-10-15)8-11-12-13-14(8)3/h4,6,10,12-13H,5H2,1-3H3. The van der Waals surface area contributed by atoms with Crippen molar-refractivity contribution in [3.8, 4) is 0 Å². The summed E-state index contributed by atoms with van der Waals surface area (Å²) in [6.07, 6.45) is 1.88. The number of hydrogen-bond acceptors (Lipinski definition) is 5. The van der Waals surface area contributed by atoms with E-state index in [9.17, 15) is 0 Å². The zero-order valence-electron chi connectivity index (χ0n) is 9.61. The van der Waals surface area contributed by atoms with Crippen molar-refractivity contribution in [2.75, 3.05) is 7.05 Å². The van der Waals surface area contributed by atoms with E-state index in [2.05, 4.69) is 35.1 Å². The first kappa shape index (κ1) is 11.2. The molecule has 0 bridgehead atoms. The number of hydrogen-bond donors (Lipinski definition) is 3. The molecule has 0 saturated carbocycles. The summed E-state index contributed by atoms with van der Waals surface area (Å²) < 4.78 is 2.74. The number of aromatic amines is 1. The molecular formula is C9H16N6S. The van der Waals surface area contributed by atoms with Crippen LogP contribution in [0, 0.1) is 10.6 Å². The van der Waals surface area contributed by atoms with Gasteiger partial charge in [0.05, 0.1) is 5.56 Å². The van der Waals surface area contributed by atoms with E-state index in [-0.39, 0.29) is 0 Å². The fourth-order valence-corrected chi connectivity index (χ4v) is 1.87. The van der Waals surface area contributed by atoms with E-state index < -0.39 is 0 Å². The van der Waals surface area contributed by atoms with Gasteiger partial charge in [0.1, 0.15) is 4.64 Å². The molecule has 2 heterocycles. The van der Waals surface area contributed by atoms with E-state index >= 15 is 0 Å². The Morgan fingerprint density at radius 2 is 2.25 bits per heavy atom. The van der Waals surface area contributed by atoms with Gasteiger partial charge in [-0.05, 0) is 5.92 Å². The molecule has 0 saturated heterocycles. The second-order valence-electron chi connectivity index (χ2n) is 4.21. The van der Waals surface area contributed by atoms with Gasteiger partial charge in [0.15, 0.2) is 5.84 Å². The van der Waals surface area contributed by atoms with Crippen molar-refractivity contribution in [1.29, 1.82) is 0 Å². The molecule has 0 aliphatic carbocycles. The van der Waals surface area contributed by atoms with Gasteiger partial charge in [-0.1, -0.05) is 26.1 Å². The summed E-state index contributed by atoms with van der Waals surface area (Å²) in [4.78, 5) is 0. The largest absolute Gasteiger partial charge is 0.304 e. The van der Waals surface area contributed by atoms with E-state index in [4.69, 9.17) is 12.2 Å². The van der Waals surface area contributed by atoms with Gasteiger partial charge in [-0.15, -0.1) is 10.6 Å². The highest BCUT2D eigenvalue weighted by Gasteiger charge is 2.18. The van der Waals surface area contributed by atoms with Crippen LogP contribution < -0.4 is 11.1 Å². The Bertz CT molecular complexity index is 457. The monoisotopic (exact) mass is 240 g/mol. The Morgan fingerprint density at radius 1 is 1.50 bits per heavy atom. The van der Waals surface area contributed by atoms with Crippen molar-refractivity contribution in [2.45, 2.75) is 20.4 Å². The van der Waals surface area contributed by atoms with E-state index in [1.165, 1.54) is 0 Å². The fourth-order valence-electron chi connectivity index (χ4n) is 1.59. The smallest absolute Gasteiger partial charge is 0.177 e. The first-order valence-electron chi connectivity index (χ1n) is 5.20. The number of hydrazone groups is 1. The molecule has 0 unspecified atom stereocenters. The third-order valence-electron chi connectivity index (χ3n) is 2.33. The minimum Gasteiger partial charge on any atom is -0.304 e. The van der Waals surface area contributed by atoms with Gasteiger partial charge in [-0.3, -0.25) is 9.69 Å². The SMILES string of the molecule is CC(C)Cn1[nH]cc(C2=NNNN2C)c1=S. The molecular weight excluding hydrogens is 224 g/mol. The zero-order valence-corrected chi connectivity index (χ0v) is 10.4. The molecule has 0 aromatic carbocycles. The van der Waals surface area contributed by atoms with Crippen molar-refractivity contribution < 1.29 is 0 Å². The topological polar surface area (TPSA) is 60.4 Å². The summed E-state index contributed by atoms with van der Waals surface area (Å²) in [7, 11) is 1.88. The molecule has 1 aliphatic rings. The summed E-state index contributed by atoms with van der Waals surface area (Å²) in [5.41, 5.74) is 6.47. The number of aromatic nitrogens is 2. The van der Waals surface area contributed by atoms with Crippen molar-refractivity contribution in [3.05, 3.63) is 16.4 Å². The van der Waals surface area contributed by atoms with Crippen LogP contribution in [0.25, 0.3) is 0 Å². The zero-order chi connectivity index (χ0) is 11.7.